The highest BCUT2D eigenvalue weighted by Gasteiger charge is 2.52. The van der Waals surface area contributed by atoms with Crippen molar-refractivity contribution in [3.63, 3.8) is 0 Å². The summed E-state index contributed by atoms with van der Waals surface area (Å²) in [4.78, 5) is 26.1. The molecule has 0 radical (unpaired) electrons. The minimum Gasteiger partial charge on any atom is -0.328 e. The van der Waals surface area contributed by atoms with E-state index in [1.165, 1.54) is 4.90 Å². The molecule has 6 nitrogen and oxygen atoms in total. The van der Waals surface area contributed by atoms with Crippen molar-refractivity contribution >= 4 is 33.4 Å². The number of nitrogens with zero attached hydrogens (tertiary/aromatic N) is 1. The van der Waals surface area contributed by atoms with E-state index >= 15 is 0 Å². The zero-order valence-electron chi connectivity index (χ0n) is 13.3. The lowest BCUT2D eigenvalue weighted by molar-refractivity contribution is -0.157. The van der Waals surface area contributed by atoms with Crippen LogP contribution in [0.3, 0.4) is 0 Å². The summed E-state index contributed by atoms with van der Waals surface area (Å²) in [5, 5.41) is 0.432. The Morgan fingerprint density at radius 3 is 2.62 bits per heavy atom. The Balaban J connectivity index is 1.68. The minimum absolute atomic E-state index is 0.000456. The average Bonchev–Trinajstić information content (AvgIpc) is 3.28. The number of hydrogen-bond donors (Lipinski definition) is 1. The highest BCUT2D eigenvalue weighted by molar-refractivity contribution is 7.89. The first kappa shape index (κ1) is 17.2. The van der Waals surface area contributed by atoms with Gasteiger partial charge in [0.15, 0.2) is 0 Å². The molecule has 1 aliphatic carbocycles. The van der Waals surface area contributed by atoms with Gasteiger partial charge in [-0.15, -0.1) is 0 Å². The van der Waals surface area contributed by atoms with Crippen molar-refractivity contribution in [1.82, 2.24) is 9.62 Å². The summed E-state index contributed by atoms with van der Waals surface area (Å²) in [6.07, 6.45) is 2.16. The van der Waals surface area contributed by atoms with Crippen molar-refractivity contribution in [2.24, 2.45) is 5.92 Å². The summed E-state index contributed by atoms with van der Waals surface area (Å²) in [5.74, 6) is -1.04. The molecule has 0 aromatic heterocycles. The van der Waals surface area contributed by atoms with Crippen LogP contribution in [0, 0.1) is 5.92 Å². The minimum atomic E-state index is -3.86. The summed E-state index contributed by atoms with van der Waals surface area (Å²) < 4.78 is 26.6. The second-order valence-corrected chi connectivity index (χ2v) is 8.77. The highest BCUT2D eigenvalue weighted by Crippen LogP contribution is 2.38. The molecule has 1 saturated carbocycles. The predicted molar refractivity (Wildman–Crippen MR) is 89.7 cm³/mol. The second kappa shape index (κ2) is 6.04. The molecule has 1 aromatic rings. The molecular weight excluding hydrogens is 352 g/mol. The lowest BCUT2D eigenvalue weighted by Crippen LogP contribution is -2.68. The number of rotatable bonds is 5. The largest absolute Gasteiger partial charge is 0.328 e. The summed E-state index contributed by atoms with van der Waals surface area (Å²) >= 11 is 5.85. The fourth-order valence-electron chi connectivity index (χ4n) is 2.83. The maximum absolute atomic E-state index is 12.5. The number of nitrogens with one attached hydrogen (secondary N) is 1. The molecule has 3 rings (SSSR count). The molecular formula is C16H19ClN2O4S. The zero-order chi connectivity index (χ0) is 17.5. The molecule has 1 N–H and O–H groups in total. The SMILES string of the molecule is CC1(C(=O)NS(=O)(=O)Cc2cccc(Cl)c2)CCN1C(=O)C1CC1. The first-order valence-corrected chi connectivity index (χ1v) is 9.85. The number of halogens is 1. The highest BCUT2D eigenvalue weighted by atomic mass is 35.5. The molecule has 1 aromatic carbocycles. The fraction of sp³-hybridized carbons (Fsp3) is 0.500. The van der Waals surface area contributed by atoms with E-state index in [0.717, 1.165) is 12.8 Å². The standard InChI is InChI=1S/C16H19ClN2O4S/c1-16(7-8-19(16)14(20)12-5-6-12)15(21)18-24(22,23)10-11-3-2-4-13(17)9-11/h2-4,9,12H,5-8,10H2,1H3,(H,18,21). The van der Waals surface area contributed by atoms with Gasteiger partial charge in [0, 0.05) is 17.5 Å². The third-order valence-corrected chi connectivity index (χ3v) is 6.04. The van der Waals surface area contributed by atoms with Crippen molar-refractivity contribution in [3.8, 4) is 0 Å². The van der Waals surface area contributed by atoms with Gasteiger partial charge in [0.25, 0.3) is 5.91 Å². The van der Waals surface area contributed by atoms with Gasteiger partial charge in [-0.3, -0.25) is 14.3 Å². The fourth-order valence-corrected chi connectivity index (χ4v) is 4.24. The molecule has 1 atom stereocenters. The molecule has 1 heterocycles. The normalized spacial score (nSPS) is 23.5. The molecule has 1 saturated heterocycles. The lowest BCUT2D eigenvalue weighted by Gasteiger charge is -2.49. The number of carbonyl (C=O) groups is 2. The Morgan fingerprint density at radius 2 is 2.08 bits per heavy atom. The van der Waals surface area contributed by atoms with E-state index in [1.54, 1.807) is 31.2 Å². The van der Waals surface area contributed by atoms with Crippen LogP contribution in [-0.4, -0.2) is 37.2 Å². The van der Waals surface area contributed by atoms with Crippen LogP contribution < -0.4 is 4.72 Å². The molecule has 24 heavy (non-hydrogen) atoms. The predicted octanol–water partition coefficient (Wildman–Crippen LogP) is 1.69. The summed E-state index contributed by atoms with van der Waals surface area (Å²) in [6.45, 7) is 2.11. The summed E-state index contributed by atoms with van der Waals surface area (Å²) in [7, 11) is -3.86. The van der Waals surface area contributed by atoms with Gasteiger partial charge in [-0.2, -0.15) is 0 Å². The van der Waals surface area contributed by atoms with Crippen molar-refractivity contribution in [2.75, 3.05) is 6.54 Å². The van der Waals surface area contributed by atoms with Crippen molar-refractivity contribution < 1.29 is 18.0 Å². The van der Waals surface area contributed by atoms with Gasteiger partial charge in [0.1, 0.15) is 5.54 Å². The molecule has 2 amide bonds. The number of amides is 2. The molecule has 0 spiro atoms. The van der Waals surface area contributed by atoms with Crippen molar-refractivity contribution in [1.29, 1.82) is 0 Å². The Bertz CT molecular complexity index is 791. The van der Waals surface area contributed by atoms with E-state index in [4.69, 9.17) is 11.6 Å². The molecule has 2 fully saturated rings. The van der Waals surface area contributed by atoms with Gasteiger partial charge in [-0.1, -0.05) is 23.7 Å². The van der Waals surface area contributed by atoms with Gasteiger partial charge in [0.05, 0.1) is 5.75 Å². The number of likely N-dealkylation sites (tertiary alicyclic amines) is 1. The molecule has 1 unspecified atom stereocenters. The van der Waals surface area contributed by atoms with Crippen LogP contribution in [0.15, 0.2) is 24.3 Å². The summed E-state index contributed by atoms with van der Waals surface area (Å²) in [5.41, 5.74) is -0.589. The Morgan fingerprint density at radius 1 is 1.38 bits per heavy atom. The second-order valence-electron chi connectivity index (χ2n) is 6.61. The maximum Gasteiger partial charge on any atom is 0.259 e. The zero-order valence-corrected chi connectivity index (χ0v) is 14.9. The Labute approximate surface area is 146 Å². The molecule has 0 bridgehead atoms. The van der Waals surface area contributed by atoms with Gasteiger partial charge < -0.3 is 4.90 Å². The van der Waals surface area contributed by atoms with Gasteiger partial charge in [0.2, 0.25) is 15.9 Å². The number of sulfonamides is 1. The van der Waals surface area contributed by atoms with Gasteiger partial charge >= 0.3 is 0 Å². The van der Waals surface area contributed by atoms with Crippen LogP contribution in [0.2, 0.25) is 5.02 Å². The van der Waals surface area contributed by atoms with E-state index in [2.05, 4.69) is 4.72 Å². The van der Waals surface area contributed by atoms with Crippen molar-refractivity contribution in [2.45, 2.75) is 37.5 Å². The summed E-state index contributed by atoms with van der Waals surface area (Å²) in [6, 6.07) is 6.47. The number of benzene rings is 1. The smallest absolute Gasteiger partial charge is 0.259 e. The first-order valence-electron chi connectivity index (χ1n) is 7.82. The van der Waals surface area contributed by atoms with Crippen molar-refractivity contribution in [3.05, 3.63) is 34.9 Å². The third-order valence-electron chi connectivity index (χ3n) is 4.59. The topological polar surface area (TPSA) is 83.6 Å². The molecule has 2 aliphatic rings. The van der Waals surface area contributed by atoms with E-state index in [-0.39, 0.29) is 17.6 Å². The van der Waals surface area contributed by atoms with Crippen LogP contribution in [0.1, 0.15) is 31.7 Å². The number of hydrogen-bond acceptors (Lipinski definition) is 4. The third kappa shape index (κ3) is 3.42. The molecule has 130 valence electrons. The van der Waals surface area contributed by atoms with Crippen LogP contribution in [0.25, 0.3) is 0 Å². The first-order chi connectivity index (χ1) is 11.2. The van der Waals surface area contributed by atoms with Gasteiger partial charge in [-0.25, -0.2) is 8.42 Å². The molecule has 8 heteroatoms. The quantitative estimate of drug-likeness (QED) is 0.854. The van der Waals surface area contributed by atoms with E-state index in [1.807, 2.05) is 0 Å². The monoisotopic (exact) mass is 370 g/mol. The van der Waals surface area contributed by atoms with E-state index < -0.39 is 21.5 Å². The Kier molecular flexibility index (Phi) is 4.34. The number of carbonyl (C=O) groups excluding carboxylic acids is 2. The van der Waals surface area contributed by atoms with Gasteiger partial charge in [-0.05, 0) is 43.9 Å². The van der Waals surface area contributed by atoms with Crippen LogP contribution in [0.5, 0.6) is 0 Å². The van der Waals surface area contributed by atoms with Crippen LogP contribution in [0.4, 0.5) is 0 Å². The molecule has 1 aliphatic heterocycles. The van der Waals surface area contributed by atoms with E-state index in [0.29, 0.717) is 23.6 Å². The lowest BCUT2D eigenvalue weighted by atomic mass is 9.85. The average molecular weight is 371 g/mol. The van der Waals surface area contributed by atoms with Crippen LogP contribution in [-0.2, 0) is 25.4 Å². The van der Waals surface area contributed by atoms with Crippen LogP contribution >= 0.6 is 11.6 Å². The van der Waals surface area contributed by atoms with E-state index in [9.17, 15) is 18.0 Å². The Hall–Kier alpha value is -1.60. The maximum atomic E-state index is 12.5.